The first kappa shape index (κ1) is 24.5. The van der Waals surface area contributed by atoms with E-state index >= 15 is 0 Å². The van der Waals surface area contributed by atoms with Gasteiger partial charge in [0.15, 0.2) is 0 Å². The number of alkyl halides is 3. The van der Waals surface area contributed by atoms with Gasteiger partial charge < -0.3 is 9.47 Å². The lowest BCUT2D eigenvalue weighted by Crippen LogP contribution is -2.34. The van der Waals surface area contributed by atoms with E-state index in [9.17, 15) is 26.4 Å². The minimum atomic E-state index is -4.56. The normalized spacial score (nSPS) is 16.2. The van der Waals surface area contributed by atoms with Crippen LogP contribution in [0.5, 0.6) is 0 Å². The molecule has 0 radical (unpaired) electrons. The topological polar surface area (TPSA) is 72.3 Å². The van der Waals surface area contributed by atoms with E-state index in [-0.39, 0.29) is 35.3 Å². The number of benzene rings is 2. The Morgan fingerprint density at radius 3 is 2.44 bits per heavy atom. The van der Waals surface area contributed by atoms with Gasteiger partial charge in [0.2, 0.25) is 15.0 Å². The van der Waals surface area contributed by atoms with Crippen LogP contribution in [0.1, 0.15) is 64.5 Å². The third kappa shape index (κ3) is 5.04. The van der Waals surface area contributed by atoms with Crippen molar-refractivity contribution in [2.45, 2.75) is 68.3 Å². The molecule has 0 bridgehead atoms. The number of imidazole rings is 1. The minimum Gasteiger partial charge on any atom is -0.330 e. The largest absolute Gasteiger partial charge is 0.416 e. The number of carbonyl (C=O) groups is 1. The van der Waals surface area contributed by atoms with Gasteiger partial charge in [-0.25, -0.2) is 13.4 Å². The van der Waals surface area contributed by atoms with Gasteiger partial charge >= 0.3 is 6.18 Å². The molecular formula is C26H26F3N3O3S. The van der Waals surface area contributed by atoms with E-state index in [0.29, 0.717) is 11.3 Å². The first-order valence-electron chi connectivity index (χ1n) is 11.9. The summed E-state index contributed by atoms with van der Waals surface area (Å²) in [5.41, 5.74) is 1.25. The monoisotopic (exact) mass is 517 g/mol. The van der Waals surface area contributed by atoms with Crippen molar-refractivity contribution in [3.63, 3.8) is 0 Å². The first-order chi connectivity index (χ1) is 17.0. The van der Waals surface area contributed by atoms with Gasteiger partial charge in [-0.05, 0) is 55.9 Å². The molecule has 0 spiro atoms. The van der Waals surface area contributed by atoms with Crippen molar-refractivity contribution in [2.75, 3.05) is 0 Å². The standard InChI is InChI=1S/C26H26F3N3O3S/c1-17-5-2-3-8-23(17)24(33)31(20-9-10-20)15-22-14-30-25(32(22)21-11-12-21)36(34,35)16-18-6-4-7-19(13-18)26(27,28)29/h2-8,13-14,20-21H,9-12,15-16H2,1H3. The molecule has 5 rings (SSSR count). The molecule has 1 aromatic heterocycles. The number of halogens is 3. The molecule has 10 heteroatoms. The van der Waals surface area contributed by atoms with Gasteiger partial charge in [-0.2, -0.15) is 13.2 Å². The fourth-order valence-electron chi connectivity index (χ4n) is 4.46. The molecule has 3 aromatic rings. The Labute approximate surface area is 207 Å². The van der Waals surface area contributed by atoms with Crippen molar-refractivity contribution in [1.82, 2.24) is 14.5 Å². The highest BCUT2D eigenvalue weighted by Crippen LogP contribution is 2.40. The Balaban J connectivity index is 1.44. The maximum absolute atomic E-state index is 13.4. The molecule has 2 aromatic carbocycles. The Morgan fingerprint density at radius 2 is 1.81 bits per heavy atom. The number of aromatic nitrogens is 2. The number of hydrogen-bond donors (Lipinski definition) is 0. The van der Waals surface area contributed by atoms with Gasteiger partial charge in [0, 0.05) is 17.6 Å². The average Bonchev–Trinajstić information content (AvgIpc) is 3.75. The molecule has 36 heavy (non-hydrogen) atoms. The lowest BCUT2D eigenvalue weighted by molar-refractivity contribution is -0.137. The smallest absolute Gasteiger partial charge is 0.330 e. The summed E-state index contributed by atoms with van der Waals surface area (Å²) < 4.78 is 67.6. The van der Waals surface area contributed by atoms with Crippen molar-refractivity contribution in [3.8, 4) is 0 Å². The summed E-state index contributed by atoms with van der Waals surface area (Å²) in [4.78, 5) is 19.4. The van der Waals surface area contributed by atoms with Gasteiger partial charge in [0.1, 0.15) is 0 Å². The van der Waals surface area contributed by atoms with Gasteiger partial charge in [-0.15, -0.1) is 0 Å². The van der Waals surface area contributed by atoms with Crippen LogP contribution in [0.4, 0.5) is 13.2 Å². The molecule has 0 saturated heterocycles. The summed E-state index contributed by atoms with van der Waals surface area (Å²) in [7, 11) is -4.03. The van der Waals surface area contributed by atoms with E-state index in [2.05, 4.69) is 4.98 Å². The lowest BCUT2D eigenvalue weighted by atomic mass is 10.1. The summed E-state index contributed by atoms with van der Waals surface area (Å²) in [6, 6.07) is 11.7. The predicted molar refractivity (Wildman–Crippen MR) is 127 cm³/mol. The molecule has 0 aliphatic heterocycles. The van der Waals surface area contributed by atoms with E-state index in [1.807, 2.05) is 25.1 Å². The summed E-state index contributed by atoms with van der Waals surface area (Å²) in [6.45, 7) is 2.10. The molecule has 2 saturated carbocycles. The molecule has 190 valence electrons. The lowest BCUT2D eigenvalue weighted by Gasteiger charge is -2.24. The zero-order chi connectivity index (χ0) is 25.7. The maximum atomic E-state index is 13.4. The van der Waals surface area contributed by atoms with Crippen LogP contribution in [0.2, 0.25) is 0 Å². The fraction of sp³-hybridized carbons (Fsp3) is 0.385. The zero-order valence-electron chi connectivity index (χ0n) is 19.7. The van der Waals surface area contributed by atoms with Gasteiger partial charge in [-0.3, -0.25) is 4.79 Å². The van der Waals surface area contributed by atoms with E-state index in [1.165, 1.54) is 18.3 Å². The van der Waals surface area contributed by atoms with Crippen LogP contribution in [0.15, 0.2) is 59.9 Å². The highest BCUT2D eigenvalue weighted by molar-refractivity contribution is 7.90. The number of carbonyl (C=O) groups excluding carboxylic acids is 1. The summed E-state index contributed by atoms with van der Waals surface area (Å²) in [5.74, 6) is -0.693. The molecule has 1 amide bonds. The van der Waals surface area contributed by atoms with Crippen LogP contribution < -0.4 is 0 Å². The highest BCUT2D eigenvalue weighted by atomic mass is 32.2. The van der Waals surface area contributed by atoms with Crippen molar-refractivity contribution in [1.29, 1.82) is 0 Å². The summed E-state index contributed by atoms with van der Waals surface area (Å²) in [6.07, 6.45) is 0.258. The van der Waals surface area contributed by atoms with Crippen LogP contribution in [0, 0.1) is 6.92 Å². The van der Waals surface area contributed by atoms with E-state index in [0.717, 1.165) is 43.4 Å². The molecule has 2 fully saturated rings. The van der Waals surface area contributed by atoms with Crippen molar-refractivity contribution < 1.29 is 26.4 Å². The Hall–Kier alpha value is -3.14. The second kappa shape index (κ2) is 9.06. The van der Waals surface area contributed by atoms with Crippen LogP contribution in [0.3, 0.4) is 0 Å². The number of aryl methyl sites for hydroxylation is 1. The SMILES string of the molecule is Cc1ccccc1C(=O)N(Cc1cnc(S(=O)(=O)Cc2cccc(C(F)(F)F)c2)n1C1CC1)C1CC1. The minimum absolute atomic E-state index is 0.0473. The van der Waals surface area contributed by atoms with Crippen LogP contribution in [0.25, 0.3) is 0 Å². The maximum Gasteiger partial charge on any atom is 0.416 e. The second-order valence-corrected chi connectivity index (χ2v) is 11.5. The van der Waals surface area contributed by atoms with E-state index in [1.54, 1.807) is 15.5 Å². The third-order valence-electron chi connectivity index (χ3n) is 6.60. The number of amides is 1. The molecular weight excluding hydrogens is 491 g/mol. The quantitative estimate of drug-likeness (QED) is 0.405. The van der Waals surface area contributed by atoms with Crippen LogP contribution >= 0.6 is 0 Å². The molecule has 0 N–H and O–H groups in total. The number of hydrogen-bond acceptors (Lipinski definition) is 4. The molecule has 2 aliphatic carbocycles. The predicted octanol–water partition coefficient (Wildman–Crippen LogP) is 5.32. The van der Waals surface area contributed by atoms with Crippen molar-refractivity contribution >= 4 is 15.7 Å². The molecule has 6 nitrogen and oxygen atoms in total. The molecule has 2 aliphatic rings. The van der Waals surface area contributed by atoms with Gasteiger partial charge in [0.25, 0.3) is 5.91 Å². The molecule has 0 unspecified atom stereocenters. The van der Waals surface area contributed by atoms with E-state index in [4.69, 9.17) is 0 Å². The van der Waals surface area contributed by atoms with Gasteiger partial charge in [0.05, 0.1) is 29.8 Å². The van der Waals surface area contributed by atoms with Crippen LogP contribution in [-0.2, 0) is 28.3 Å². The molecule has 1 heterocycles. The number of nitrogens with zero attached hydrogens (tertiary/aromatic N) is 3. The Morgan fingerprint density at radius 1 is 1.08 bits per heavy atom. The third-order valence-corrected chi connectivity index (χ3v) is 8.17. The Bertz CT molecular complexity index is 1410. The number of rotatable bonds is 8. The molecule has 0 atom stereocenters. The van der Waals surface area contributed by atoms with Crippen molar-refractivity contribution in [2.24, 2.45) is 0 Å². The highest BCUT2D eigenvalue weighted by Gasteiger charge is 2.38. The van der Waals surface area contributed by atoms with Crippen LogP contribution in [-0.4, -0.2) is 34.8 Å². The summed E-state index contributed by atoms with van der Waals surface area (Å²) >= 11 is 0. The average molecular weight is 518 g/mol. The summed E-state index contributed by atoms with van der Waals surface area (Å²) in [5, 5.41) is -0.156. The Kier molecular flexibility index (Phi) is 6.18. The van der Waals surface area contributed by atoms with Crippen molar-refractivity contribution in [3.05, 3.63) is 82.7 Å². The zero-order valence-corrected chi connectivity index (χ0v) is 20.5. The van der Waals surface area contributed by atoms with E-state index < -0.39 is 27.3 Å². The fourth-order valence-corrected chi connectivity index (χ4v) is 5.99. The first-order valence-corrected chi connectivity index (χ1v) is 13.5. The second-order valence-electron chi connectivity index (χ2n) is 9.57. The number of sulfone groups is 1. The van der Waals surface area contributed by atoms with Gasteiger partial charge in [-0.1, -0.05) is 36.4 Å².